The summed E-state index contributed by atoms with van der Waals surface area (Å²) >= 11 is 0. The van der Waals surface area contributed by atoms with E-state index in [0.29, 0.717) is 19.0 Å². The Morgan fingerprint density at radius 3 is 2.54 bits per heavy atom. The van der Waals surface area contributed by atoms with Gasteiger partial charge in [-0.15, -0.1) is 24.0 Å². The molecule has 1 aliphatic carbocycles. The van der Waals surface area contributed by atoms with Crippen molar-refractivity contribution in [3.63, 3.8) is 0 Å². The molecule has 7 heteroatoms. The Kier molecular flexibility index (Phi) is 9.51. The Labute approximate surface area is 160 Å². The van der Waals surface area contributed by atoms with Crippen LogP contribution in [0, 0.1) is 0 Å². The molecule has 24 heavy (non-hydrogen) atoms. The van der Waals surface area contributed by atoms with Crippen molar-refractivity contribution in [1.82, 2.24) is 16.0 Å². The Hall–Kier alpha value is -1.51. The average molecular weight is 446 g/mol. The molecule has 0 atom stereocenters. The van der Waals surface area contributed by atoms with Gasteiger partial charge in [-0.05, 0) is 37.0 Å². The second-order valence-electron chi connectivity index (χ2n) is 5.65. The fraction of sp³-hybridized carbons (Fsp3) is 0.529. The van der Waals surface area contributed by atoms with Crippen molar-refractivity contribution in [2.45, 2.75) is 38.3 Å². The van der Waals surface area contributed by atoms with Crippen molar-refractivity contribution in [1.29, 1.82) is 0 Å². The first-order valence-electron chi connectivity index (χ1n) is 8.08. The van der Waals surface area contributed by atoms with Gasteiger partial charge >= 0.3 is 0 Å². The smallest absolute Gasteiger partial charge is 0.220 e. The number of nitrogens with zero attached hydrogens (tertiary/aromatic N) is 1. The fourth-order valence-electron chi connectivity index (χ4n) is 2.13. The minimum Gasteiger partial charge on any atom is -0.497 e. The number of carbonyl (C=O) groups excluding carboxylic acids is 1. The molecule has 1 aromatic carbocycles. The molecule has 134 valence electrons. The summed E-state index contributed by atoms with van der Waals surface area (Å²) < 4.78 is 5.14. The monoisotopic (exact) mass is 446 g/mol. The number of methoxy groups -OCH3 is 1. The molecule has 3 N–H and O–H groups in total. The van der Waals surface area contributed by atoms with Gasteiger partial charge in [0.15, 0.2) is 5.96 Å². The van der Waals surface area contributed by atoms with Crippen LogP contribution in [0.4, 0.5) is 0 Å². The van der Waals surface area contributed by atoms with Gasteiger partial charge in [-0.3, -0.25) is 9.79 Å². The topological polar surface area (TPSA) is 74.8 Å². The molecule has 1 fully saturated rings. The lowest BCUT2D eigenvalue weighted by molar-refractivity contribution is -0.121. The molecule has 0 heterocycles. The van der Waals surface area contributed by atoms with E-state index in [2.05, 4.69) is 20.9 Å². The maximum absolute atomic E-state index is 11.6. The summed E-state index contributed by atoms with van der Waals surface area (Å²) in [4.78, 5) is 15.8. The van der Waals surface area contributed by atoms with Crippen molar-refractivity contribution in [2.75, 3.05) is 20.7 Å². The first kappa shape index (κ1) is 20.5. The lowest BCUT2D eigenvalue weighted by Gasteiger charge is -2.12. The van der Waals surface area contributed by atoms with Crippen LogP contribution in [-0.2, 0) is 11.3 Å². The Bertz CT molecular complexity index is 530. The molecular weight excluding hydrogens is 419 g/mol. The SMILES string of the molecule is CN=C(NCCCC(=O)NC1CC1)NCc1ccc(OC)cc1.I. The average Bonchev–Trinajstić information content (AvgIpc) is 3.38. The van der Waals surface area contributed by atoms with Crippen molar-refractivity contribution in [3.05, 3.63) is 29.8 Å². The first-order chi connectivity index (χ1) is 11.2. The van der Waals surface area contributed by atoms with Gasteiger partial charge in [0.2, 0.25) is 5.91 Å². The summed E-state index contributed by atoms with van der Waals surface area (Å²) in [6, 6.07) is 8.34. The van der Waals surface area contributed by atoms with Gasteiger partial charge in [0, 0.05) is 32.6 Å². The van der Waals surface area contributed by atoms with Crippen LogP contribution in [0.25, 0.3) is 0 Å². The third kappa shape index (κ3) is 7.85. The number of halogens is 1. The number of amides is 1. The van der Waals surface area contributed by atoms with Crippen LogP contribution < -0.4 is 20.7 Å². The third-order valence-corrected chi connectivity index (χ3v) is 3.66. The van der Waals surface area contributed by atoms with E-state index in [0.717, 1.165) is 43.1 Å². The largest absolute Gasteiger partial charge is 0.497 e. The summed E-state index contributed by atoms with van der Waals surface area (Å²) in [6.45, 7) is 1.41. The van der Waals surface area contributed by atoms with E-state index in [4.69, 9.17) is 4.74 Å². The van der Waals surface area contributed by atoms with Crippen LogP contribution in [0.2, 0.25) is 0 Å². The number of hydrogen-bond acceptors (Lipinski definition) is 3. The van der Waals surface area contributed by atoms with Gasteiger partial charge in [-0.25, -0.2) is 0 Å². The normalized spacial score (nSPS) is 13.7. The van der Waals surface area contributed by atoms with E-state index >= 15 is 0 Å². The quantitative estimate of drug-likeness (QED) is 0.247. The number of ether oxygens (including phenoxy) is 1. The molecule has 1 saturated carbocycles. The summed E-state index contributed by atoms with van der Waals surface area (Å²) in [5.41, 5.74) is 1.15. The van der Waals surface area contributed by atoms with Crippen LogP contribution in [0.1, 0.15) is 31.2 Å². The molecule has 0 unspecified atom stereocenters. The molecule has 0 aliphatic heterocycles. The standard InChI is InChI=1S/C17H26N4O2.HI/c1-18-17(19-11-3-4-16(22)21-14-7-8-14)20-12-13-5-9-15(23-2)10-6-13;/h5-6,9-10,14H,3-4,7-8,11-12H2,1-2H3,(H,21,22)(H2,18,19,20);1H. The molecule has 1 aromatic rings. The lowest BCUT2D eigenvalue weighted by atomic mass is 10.2. The number of benzene rings is 1. The van der Waals surface area contributed by atoms with Crippen molar-refractivity contribution in [2.24, 2.45) is 4.99 Å². The Morgan fingerprint density at radius 1 is 1.25 bits per heavy atom. The van der Waals surface area contributed by atoms with Gasteiger partial charge in [0.05, 0.1) is 7.11 Å². The van der Waals surface area contributed by atoms with E-state index in [-0.39, 0.29) is 29.9 Å². The van der Waals surface area contributed by atoms with Gasteiger partial charge < -0.3 is 20.7 Å². The van der Waals surface area contributed by atoms with E-state index in [1.807, 2.05) is 24.3 Å². The van der Waals surface area contributed by atoms with E-state index in [1.165, 1.54) is 0 Å². The lowest BCUT2D eigenvalue weighted by Crippen LogP contribution is -2.37. The highest BCUT2D eigenvalue weighted by molar-refractivity contribution is 14.0. The molecule has 0 spiro atoms. The highest BCUT2D eigenvalue weighted by Crippen LogP contribution is 2.18. The highest BCUT2D eigenvalue weighted by Gasteiger charge is 2.22. The summed E-state index contributed by atoms with van der Waals surface area (Å²) in [7, 11) is 3.40. The Balaban J connectivity index is 0.00000288. The number of carbonyl (C=O) groups is 1. The van der Waals surface area contributed by atoms with Gasteiger partial charge in [0.25, 0.3) is 0 Å². The number of hydrogen-bond donors (Lipinski definition) is 3. The third-order valence-electron chi connectivity index (χ3n) is 3.66. The molecular formula is C17H27IN4O2. The van der Waals surface area contributed by atoms with Gasteiger partial charge in [0.1, 0.15) is 5.75 Å². The fourth-order valence-corrected chi connectivity index (χ4v) is 2.13. The van der Waals surface area contributed by atoms with E-state index < -0.39 is 0 Å². The number of nitrogens with one attached hydrogen (secondary N) is 3. The second-order valence-corrected chi connectivity index (χ2v) is 5.65. The predicted octanol–water partition coefficient (Wildman–Crippen LogP) is 2.04. The number of rotatable bonds is 8. The minimum absolute atomic E-state index is 0. The van der Waals surface area contributed by atoms with E-state index in [1.54, 1.807) is 14.2 Å². The van der Waals surface area contributed by atoms with Crippen LogP contribution in [-0.4, -0.2) is 38.6 Å². The highest BCUT2D eigenvalue weighted by atomic mass is 127. The molecule has 1 aliphatic rings. The van der Waals surface area contributed by atoms with Crippen molar-refractivity contribution in [3.8, 4) is 5.75 Å². The molecule has 1 amide bonds. The maximum atomic E-state index is 11.6. The molecule has 0 bridgehead atoms. The van der Waals surface area contributed by atoms with Crippen LogP contribution in [0.15, 0.2) is 29.3 Å². The van der Waals surface area contributed by atoms with Gasteiger partial charge in [-0.1, -0.05) is 12.1 Å². The summed E-state index contributed by atoms with van der Waals surface area (Å²) in [5, 5.41) is 9.46. The van der Waals surface area contributed by atoms with Crippen LogP contribution in [0.5, 0.6) is 5.75 Å². The molecule has 0 radical (unpaired) electrons. The van der Waals surface area contributed by atoms with Crippen molar-refractivity contribution >= 4 is 35.8 Å². The zero-order valence-electron chi connectivity index (χ0n) is 14.3. The molecule has 6 nitrogen and oxygen atoms in total. The Morgan fingerprint density at radius 2 is 1.96 bits per heavy atom. The van der Waals surface area contributed by atoms with Crippen LogP contribution >= 0.6 is 24.0 Å². The van der Waals surface area contributed by atoms with Gasteiger partial charge in [-0.2, -0.15) is 0 Å². The first-order valence-corrected chi connectivity index (χ1v) is 8.08. The number of aliphatic imine (C=N–C) groups is 1. The zero-order valence-corrected chi connectivity index (χ0v) is 16.6. The zero-order chi connectivity index (χ0) is 16.5. The minimum atomic E-state index is 0. The second kappa shape index (κ2) is 11.1. The molecule has 2 rings (SSSR count). The summed E-state index contributed by atoms with van der Waals surface area (Å²) in [6.07, 6.45) is 3.61. The molecule has 0 saturated heterocycles. The number of guanidine groups is 1. The van der Waals surface area contributed by atoms with E-state index in [9.17, 15) is 4.79 Å². The molecule has 0 aromatic heterocycles. The summed E-state index contributed by atoms with van der Waals surface area (Å²) in [5.74, 6) is 1.74. The predicted molar refractivity (Wildman–Crippen MR) is 107 cm³/mol. The van der Waals surface area contributed by atoms with Crippen LogP contribution in [0.3, 0.4) is 0 Å². The maximum Gasteiger partial charge on any atom is 0.220 e. The van der Waals surface area contributed by atoms with Crippen molar-refractivity contribution < 1.29 is 9.53 Å².